The molecule has 4 nitrogen and oxygen atoms in total. The van der Waals surface area contributed by atoms with Crippen LogP contribution in [0.4, 0.5) is 4.39 Å². The number of carbonyl (C=O) groups is 1. The minimum Gasteiger partial charge on any atom is -0.294 e. The SMILES string of the molecule is C=CCS(=O)(=O)N1CCC(C(=O)c2ccc(F)cc2)CC1. The fraction of sp³-hybridized carbons (Fsp3) is 0.400. The van der Waals surface area contributed by atoms with Crippen LogP contribution in [0.5, 0.6) is 0 Å². The van der Waals surface area contributed by atoms with Gasteiger partial charge in [0.25, 0.3) is 0 Å². The molecule has 114 valence electrons. The number of benzene rings is 1. The van der Waals surface area contributed by atoms with E-state index in [1.807, 2.05) is 0 Å². The average Bonchev–Trinajstić information content (AvgIpc) is 2.47. The van der Waals surface area contributed by atoms with Crippen molar-refractivity contribution in [1.82, 2.24) is 4.31 Å². The van der Waals surface area contributed by atoms with E-state index in [1.165, 1.54) is 34.6 Å². The summed E-state index contributed by atoms with van der Waals surface area (Å²) in [4.78, 5) is 12.3. The lowest BCUT2D eigenvalue weighted by atomic mass is 9.90. The Hall–Kier alpha value is -1.53. The first-order chi connectivity index (χ1) is 9.94. The van der Waals surface area contributed by atoms with E-state index in [0.717, 1.165) is 0 Å². The second kappa shape index (κ2) is 6.49. The van der Waals surface area contributed by atoms with Gasteiger partial charge in [0, 0.05) is 24.6 Å². The molecule has 6 heteroatoms. The molecule has 1 saturated heterocycles. The van der Waals surface area contributed by atoms with E-state index >= 15 is 0 Å². The quantitative estimate of drug-likeness (QED) is 0.619. The van der Waals surface area contributed by atoms with Crippen LogP contribution in [0.25, 0.3) is 0 Å². The van der Waals surface area contributed by atoms with Gasteiger partial charge < -0.3 is 0 Å². The first-order valence-corrected chi connectivity index (χ1v) is 8.43. The first kappa shape index (κ1) is 15.9. The molecule has 1 fully saturated rings. The van der Waals surface area contributed by atoms with Crippen molar-refractivity contribution in [3.63, 3.8) is 0 Å². The number of piperidine rings is 1. The van der Waals surface area contributed by atoms with Gasteiger partial charge in [0.2, 0.25) is 10.0 Å². The third-order valence-corrected chi connectivity index (χ3v) is 5.48. The first-order valence-electron chi connectivity index (χ1n) is 6.82. The van der Waals surface area contributed by atoms with Crippen molar-refractivity contribution in [2.24, 2.45) is 5.92 Å². The Morgan fingerprint density at radius 2 is 1.86 bits per heavy atom. The topological polar surface area (TPSA) is 54.5 Å². The molecule has 1 aliphatic rings. The Morgan fingerprint density at radius 1 is 1.29 bits per heavy atom. The number of nitrogens with zero attached hydrogens (tertiary/aromatic N) is 1. The maximum Gasteiger partial charge on any atom is 0.217 e. The minimum absolute atomic E-state index is 0.0456. The fourth-order valence-corrected chi connectivity index (χ4v) is 3.78. The molecular weight excluding hydrogens is 293 g/mol. The van der Waals surface area contributed by atoms with Crippen LogP contribution in [-0.2, 0) is 10.0 Å². The summed E-state index contributed by atoms with van der Waals surface area (Å²) in [6.45, 7) is 4.12. The summed E-state index contributed by atoms with van der Waals surface area (Å²) in [6, 6.07) is 5.46. The average molecular weight is 311 g/mol. The van der Waals surface area contributed by atoms with Crippen molar-refractivity contribution in [2.75, 3.05) is 18.8 Å². The van der Waals surface area contributed by atoms with Crippen LogP contribution in [0, 0.1) is 11.7 Å². The molecule has 0 atom stereocenters. The number of ketones is 1. The number of hydrogen-bond donors (Lipinski definition) is 0. The molecule has 0 unspecified atom stereocenters. The zero-order chi connectivity index (χ0) is 15.5. The smallest absolute Gasteiger partial charge is 0.217 e. The van der Waals surface area contributed by atoms with Crippen LogP contribution in [0.1, 0.15) is 23.2 Å². The highest BCUT2D eigenvalue weighted by atomic mass is 32.2. The molecule has 1 aliphatic heterocycles. The fourth-order valence-electron chi connectivity index (χ4n) is 2.50. The zero-order valence-corrected chi connectivity index (χ0v) is 12.5. The maximum absolute atomic E-state index is 12.9. The summed E-state index contributed by atoms with van der Waals surface area (Å²) < 4.78 is 38.1. The summed E-state index contributed by atoms with van der Waals surface area (Å²) in [5.74, 6) is -0.706. The molecule has 0 radical (unpaired) electrons. The number of Topliss-reactive ketones (excluding diaryl/α,β-unsaturated/α-hetero) is 1. The standard InChI is InChI=1S/C15H18FNO3S/c1-2-11-21(19,20)17-9-7-13(8-10-17)15(18)12-3-5-14(16)6-4-12/h2-6,13H,1,7-11H2. The lowest BCUT2D eigenvalue weighted by Crippen LogP contribution is -2.41. The maximum atomic E-state index is 12.9. The molecule has 0 spiro atoms. The molecule has 0 amide bonds. The third kappa shape index (κ3) is 3.77. The lowest BCUT2D eigenvalue weighted by Gasteiger charge is -2.30. The van der Waals surface area contributed by atoms with Crippen molar-refractivity contribution in [3.8, 4) is 0 Å². The van der Waals surface area contributed by atoms with Gasteiger partial charge in [-0.25, -0.2) is 17.1 Å². The van der Waals surface area contributed by atoms with E-state index in [9.17, 15) is 17.6 Å². The molecule has 1 aromatic rings. The second-order valence-corrected chi connectivity index (χ2v) is 7.13. The normalized spacial score (nSPS) is 17.6. The second-order valence-electron chi connectivity index (χ2n) is 5.11. The Labute approximate surface area is 124 Å². The molecular formula is C15H18FNO3S. The summed E-state index contributed by atoms with van der Waals surface area (Å²) in [5.41, 5.74) is 0.476. The number of carbonyl (C=O) groups excluding carboxylic acids is 1. The third-order valence-electron chi connectivity index (χ3n) is 3.68. The number of halogens is 1. The molecule has 1 aromatic carbocycles. The van der Waals surface area contributed by atoms with Gasteiger partial charge in [0.15, 0.2) is 5.78 Å². The van der Waals surface area contributed by atoms with Crippen LogP contribution in [-0.4, -0.2) is 37.3 Å². The number of sulfonamides is 1. The van der Waals surface area contributed by atoms with Crippen LogP contribution in [0.15, 0.2) is 36.9 Å². The Kier molecular flexibility index (Phi) is 4.90. The van der Waals surface area contributed by atoms with E-state index in [4.69, 9.17) is 0 Å². The highest BCUT2D eigenvalue weighted by Gasteiger charge is 2.30. The highest BCUT2D eigenvalue weighted by molar-refractivity contribution is 7.89. The van der Waals surface area contributed by atoms with Crippen molar-refractivity contribution in [1.29, 1.82) is 0 Å². The van der Waals surface area contributed by atoms with Gasteiger partial charge in [-0.3, -0.25) is 4.79 Å². The number of rotatable bonds is 5. The van der Waals surface area contributed by atoms with Gasteiger partial charge in [0.05, 0.1) is 5.75 Å². The predicted octanol–water partition coefficient (Wildman–Crippen LogP) is 2.24. The van der Waals surface area contributed by atoms with Gasteiger partial charge >= 0.3 is 0 Å². The molecule has 0 aromatic heterocycles. The molecule has 0 bridgehead atoms. The van der Waals surface area contributed by atoms with Gasteiger partial charge in [-0.05, 0) is 37.1 Å². The van der Waals surface area contributed by atoms with E-state index in [-0.39, 0.29) is 23.3 Å². The predicted molar refractivity (Wildman–Crippen MR) is 79.0 cm³/mol. The zero-order valence-electron chi connectivity index (χ0n) is 11.7. The van der Waals surface area contributed by atoms with Gasteiger partial charge in [-0.15, -0.1) is 6.58 Å². The Balaban J connectivity index is 1.99. The Bertz CT molecular complexity index is 617. The van der Waals surface area contributed by atoms with Gasteiger partial charge in [0.1, 0.15) is 5.82 Å². The van der Waals surface area contributed by atoms with Crippen molar-refractivity contribution >= 4 is 15.8 Å². The van der Waals surface area contributed by atoms with Crippen molar-refractivity contribution in [2.45, 2.75) is 12.8 Å². The Morgan fingerprint density at radius 3 is 2.38 bits per heavy atom. The van der Waals surface area contributed by atoms with Crippen LogP contribution in [0.3, 0.4) is 0 Å². The van der Waals surface area contributed by atoms with Crippen molar-refractivity contribution < 1.29 is 17.6 Å². The largest absolute Gasteiger partial charge is 0.294 e. The lowest BCUT2D eigenvalue weighted by molar-refractivity contribution is 0.0875. The summed E-state index contributed by atoms with van der Waals surface area (Å²) >= 11 is 0. The highest BCUT2D eigenvalue weighted by Crippen LogP contribution is 2.23. The molecule has 0 aliphatic carbocycles. The monoisotopic (exact) mass is 311 g/mol. The number of hydrogen-bond acceptors (Lipinski definition) is 3. The van der Waals surface area contributed by atoms with E-state index < -0.39 is 10.0 Å². The van der Waals surface area contributed by atoms with E-state index in [0.29, 0.717) is 31.5 Å². The van der Waals surface area contributed by atoms with Gasteiger partial charge in [-0.2, -0.15) is 0 Å². The summed E-state index contributed by atoms with van der Waals surface area (Å²) in [7, 11) is -3.30. The molecule has 2 rings (SSSR count). The summed E-state index contributed by atoms with van der Waals surface area (Å²) in [5, 5.41) is 0. The molecule has 0 saturated carbocycles. The summed E-state index contributed by atoms with van der Waals surface area (Å²) in [6.07, 6.45) is 2.35. The molecule has 1 heterocycles. The minimum atomic E-state index is -3.30. The van der Waals surface area contributed by atoms with E-state index in [1.54, 1.807) is 0 Å². The molecule has 0 N–H and O–H groups in total. The van der Waals surface area contributed by atoms with Crippen LogP contribution < -0.4 is 0 Å². The van der Waals surface area contributed by atoms with Crippen LogP contribution in [0.2, 0.25) is 0 Å². The van der Waals surface area contributed by atoms with Gasteiger partial charge in [-0.1, -0.05) is 6.08 Å². The van der Waals surface area contributed by atoms with E-state index in [2.05, 4.69) is 6.58 Å². The van der Waals surface area contributed by atoms with Crippen LogP contribution >= 0.6 is 0 Å². The van der Waals surface area contributed by atoms with Crippen molar-refractivity contribution in [3.05, 3.63) is 48.3 Å². The molecule has 21 heavy (non-hydrogen) atoms.